The third kappa shape index (κ3) is 2.62. The van der Waals surface area contributed by atoms with Gasteiger partial charge in [0.05, 0.1) is 5.56 Å². The van der Waals surface area contributed by atoms with Crippen LogP contribution in [0.15, 0.2) is 56.1 Å². The first-order valence-corrected chi connectivity index (χ1v) is 7.92. The fourth-order valence-corrected chi connectivity index (χ4v) is 3.05. The molecule has 2 aromatic carbocycles. The molecule has 0 saturated carbocycles. The monoisotopic (exact) mass is 408 g/mol. The van der Waals surface area contributed by atoms with Gasteiger partial charge >= 0.3 is 6.18 Å². The Morgan fingerprint density at radius 3 is 2.64 bits per heavy atom. The van der Waals surface area contributed by atoms with Crippen LogP contribution in [-0.2, 0) is 6.18 Å². The Morgan fingerprint density at radius 1 is 1.12 bits per heavy atom. The second kappa shape index (κ2) is 5.45. The Bertz CT molecular complexity index is 1180. The molecule has 25 heavy (non-hydrogen) atoms. The molecule has 0 aliphatic carbocycles. The van der Waals surface area contributed by atoms with Gasteiger partial charge in [-0.3, -0.25) is 4.79 Å². The van der Waals surface area contributed by atoms with Gasteiger partial charge in [0.1, 0.15) is 16.9 Å². The summed E-state index contributed by atoms with van der Waals surface area (Å²) >= 11 is 3.32. The Kier molecular flexibility index (Phi) is 3.47. The smallest absolute Gasteiger partial charge is 0.417 e. The molecule has 0 unspecified atom stereocenters. The number of halogens is 4. The predicted molar refractivity (Wildman–Crippen MR) is 90.3 cm³/mol. The van der Waals surface area contributed by atoms with E-state index in [2.05, 4.69) is 25.9 Å². The first kappa shape index (κ1) is 15.9. The number of aromatic amines is 1. The zero-order chi connectivity index (χ0) is 17.8. The normalized spacial score (nSPS) is 12.2. The number of nitrogens with zero attached hydrogens (tertiary/aromatic N) is 1. The van der Waals surface area contributed by atoms with Crippen LogP contribution in [0.1, 0.15) is 5.56 Å². The predicted octanol–water partition coefficient (Wildman–Crippen LogP) is 5.12. The van der Waals surface area contributed by atoms with Crippen LogP contribution in [0, 0.1) is 0 Å². The maximum atomic E-state index is 13.2. The van der Waals surface area contributed by atoms with E-state index in [4.69, 9.17) is 4.42 Å². The molecule has 0 radical (unpaired) electrons. The average molecular weight is 409 g/mol. The fourth-order valence-electron chi connectivity index (χ4n) is 2.69. The summed E-state index contributed by atoms with van der Waals surface area (Å²) in [5, 5.41) is 0.543. The number of aromatic nitrogens is 2. The average Bonchev–Trinajstić information content (AvgIpc) is 2.93. The summed E-state index contributed by atoms with van der Waals surface area (Å²) in [6.07, 6.45) is -4.56. The lowest BCUT2D eigenvalue weighted by Crippen LogP contribution is -2.12. The highest BCUT2D eigenvalue weighted by Crippen LogP contribution is 2.36. The van der Waals surface area contributed by atoms with Gasteiger partial charge in [0.15, 0.2) is 0 Å². The summed E-state index contributed by atoms with van der Waals surface area (Å²) in [5.74, 6) is -0.159. The minimum Gasteiger partial charge on any atom is -0.449 e. The van der Waals surface area contributed by atoms with E-state index in [1.54, 1.807) is 18.2 Å². The minimum atomic E-state index is -4.56. The molecule has 0 amide bonds. The van der Waals surface area contributed by atoms with E-state index in [-0.39, 0.29) is 22.5 Å². The maximum Gasteiger partial charge on any atom is 0.417 e. The molecule has 0 bridgehead atoms. The lowest BCUT2D eigenvalue weighted by Gasteiger charge is -2.11. The van der Waals surface area contributed by atoms with E-state index in [0.29, 0.717) is 11.0 Å². The van der Waals surface area contributed by atoms with Crippen molar-refractivity contribution in [1.29, 1.82) is 0 Å². The van der Waals surface area contributed by atoms with Crippen molar-refractivity contribution in [2.45, 2.75) is 6.18 Å². The minimum absolute atomic E-state index is 0.0265. The van der Waals surface area contributed by atoms with Crippen molar-refractivity contribution in [3.05, 3.63) is 62.9 Å². The number of furan rings is 1. The number of fused-ring (bicyclic) bond motifs is 3. The Morgan fingerprint density at radius 2 is 1.88 bits per heavy atom. The van der Waals surface area contributed by atoms with E-state index in [1.165, 1.54) is 18.2 Å². The van der Waals surface area contributed by atoms with Crippen LogP contribution >= 0.6 is 15.9 Å². The van der Waals surface area contributed by atoms with Gasteiger partial charge in [-0.15, -0.1) is 0 Å². The second-order valence-corrected chi connectivity index (χ2v) is 6.29. The van der Waals surface area contributed by atoms with Crippen LogP contribution < -0.4 is 5.56 Å². The van der Waals surface area contributed by atoms with Crippen molar-refractivity contribution >= 4 is 38.0 Å². The van der Waals surface area contributed by atoms with Crippen molar-refractivity contribution in [2.24, 2.45) is 0 Å². The number of alkyl halides is 3. The number of nitrogens with one attached hydrogen (secondary N) is 1. The van der Waals surface area contributed by atoms with Crippen LogP contribution in [0.2, 0.25) is 0 Å². The summed E-state index contributed by atoms with van der Waals surface area (Å²) in [5.41, 5.74) is -1.08. The SMILES string of the molecule is O=c1[nH]c(-c2ccccc2C(F)(F)F)nc2c1oc1ccc(Br)cc12. The second-order valence-electron chi connectivity index (χ2n) is 5.38. The summed E-state index contributed by atoms with van der Waals surface area (Å²) in [6, 6.07) is 10.1. The van der Waals surface area contributed by atoms with Crippen molar-refractivity contribution in [1.82, 2.24) is 9.97 Å². The molecule has 2 heterocycles. The van der Waals surface area contributed by atoms with Gasteiger partial charge in [0.2, 0.25) is 5.58 Å². The Hall–Kier alpha value is -2.61. The van der Waals surface area contributed by atoms with E-state index in [9.17, 15) is 18.0 Å². The zero-order valence-electron chi connectivity index (χ0n) is 12.3. The molecular weight excluding hydrogens is 401 g/mol. The van der Waals surface area contributed by atoms with Crippen molar-refractivity contribution in [2.75, 3.05) is 0 Å². The summed E-state index contributed by atoms with van der Waals surface area (Å²) in [4.78, 5) is 18.9. The van der Waals surface area contributed by atoms with Gasteiger partial charge in [-0.2, -0.15) is 13.2 Å². The molecule has 1 N–H and O–H groups in total. The number of hydrogen-bond acceptors (Lipinski definition) is 3. The van der Waals surface area contributed by atoms with E-state index in [0.717, 1.165) is 10.5 Å². The first-order chi connectivity index (χ1) is 11.8. The van der Waals surface area contributed by atoms with E-state index in [1.807, 2.05) is 0 Å². The van der Waals surface area contributed by atoms with Gasteiger partial charge in [0.25, 0.3) is 5.56 Å². The van der Waals surface area contributed by atoms with Gasteiger partial charge < -0.3 is 9.40 Å². The van der Waals surface area contributed by atoms with Gasteiger partial charge in [-0.25, -0.2) is 4.98 Å². The maximum absolute atomic E-state index is 13.2. The van der Waals surface area contributed by atoms with Gasteiger partial charge in [0, 0.05) is 15.4 Å². The Labute approximate surface area is 146 Å². The first-order valence-electron chi connectivity index (χ1n) is 7.13. The Balaban J connectivity index is 2.07. The number of H-pyrrole nitrogens is 1. The lowest BCUT2D eigenvalue weighted by molar-refractivity contribution is -0.137. The molecule has 0 saturated heterocycles. The number of rotatable bonds is 1. The van der Waals surface area contributed by atoms with Crippen LogP contribution in [0.5, 0.6) is 0 Å². The topological polar surface area (TPSA) is 58.9 Å². The number of hydrogen-bond donors (Lipinski definition) is 1. The molecule has 0 atom stereocenters. The molecule has 4 aromatic rings. The molecule has 4 rings (SSSR count). The van der Waals surface area contributed by atoms with Crippen LogP contribution in [0.25, 0.3) is 33.5 Å². The molecule has 0 aliphatic rings. The van der Waals surface area contributed by atoms with E-state index >= 15 is 0 Å². The van der Waals surface area contributed by atoms with Gasteiger partial charge in [-0.05, 0) is 24.3 Å². The van der Waals surface area contributed by atoms with Crippen molar-refractivity contribution in [3.63, 3.8) is 0 Å². The third-order valence-corrected chi connectivity index (χ3v) is 4.27. The highest BCUT2D eigenvalue weighted by molar-refractivity contribution is 9.10. The molecule has 0 spiro atoms. The van der Waals surface area contributed by atoms with Crippen LogP contribution in [0.3, 0.4) is 0 Å². The molecule has 8 heteroatoms. The molecule has 4 nitrogen and oxygen atoms in total. The van der Waals surface area contributed by atoms with E-state index < -0.39 is 17.3 Å². The molecule has 2 aromatic heterocycles. The molecule has 0 aliphatic heterocycles. The summed E-state index contributed by atoms with van der Waals surface area (Å²) < 4.78 is 46.0. The lowest BCUT2D eigenvalue weighted by atomic mass is 10.1. The quantitative estimate of drug-likeness (QED) is 0.475. The van der Waals surface area contributed by atoms with Crippen molar-refractivity contribution < 1.29 is 17.6 Å². The highest BCUT2D eigenvalue weighted by Gasteiger charge is 2.34. The standard InChI is InChI=1S/C17H8BrF3N2O2/c18-8-5-6-12-10(7-8)13-14(25-12)16(24)23-15(22-13)9-3-1-2-4-11(9)17(19,20)21/h1-7H,(H,22,23,24). The molecule has 126 valence electrons. The zero-order valence-corrected chi connectivity index (χ0v) is 13.9. The van der Waals surface area contributed by atoms with Crippen LogP contribution in [0.4, 0.5) is 13.2 Å². The summed E-state index contributed by atoms with van der Waals surface area (Å²) in [6.45, 7) is 0. The van der Waals surface area contributed by atoms with Gasteiger partial charge in [-0.1, -0.05) is 34.1 Å². The third-order valence-electron chi connectivity index (χ3n) is 3.77. The van der Waals surface area contributed by atoms with Crippen molar-refractivity contribution in [3.8, 4) is 11.4 Å². The number of benzene rings is 2. The fraction of sp³-hybridized carbons (Fsp3) is 0.0588. The summed E-state index contributed by atoms with van der Waals surface area (Å²) in [7, 11) is 0. The molecular formula is C17H8BrF3N2O2. The highest BCUT2D eigenvalue weighted by atomic mass is 79.9. The molecule has 0 fully saturated rings. The van der Waals surface area contributed by atoms with Crippen LogP contribution in [-0.4, -0.2) is 9.97 Å². The largest absolute Gasteiger partial charge is 0.449 e.